The Morgan fingerprint density at radius 2 is 1.49 bits per heavy atom. The highest BCUT2D eigenvalue weighted by Crippen LogP contribution is 2.44. The van der Waals surface area contributed by atoms with Crippen molar-refractivity contribution < 1.29 is 29.0 Å². The summed E-state index contributed by atoms with van der Waals surface area (Å²) in [4.78, 5) is 36.3. The van der Waals surface area contributed by atoms with Gasteiger partial charge in [-0.25, -0.2) is 9.59 Å². The number of ether oxygens (including phenoxy) is 2. The number of hydrogen-bond donors (Lipinski definition) is 3. The van der Waals surface area contributed by atoms with Gasteiger partial charge in [-0.3, -0.25) is 4.79 Å². The lowest BCUT2D eigenvalue weighted by atomic mass is 9.98. The van der Waals surface area contributed by atoms with Crippen LogP contribution in [0.1, 0.15) is 36.0 Å². The van der Waals surface area contributed by atoms with Gasteiger partial charge >= 0.3 is 12.1 Å². The number of carboxylic acid groups (broad SMARTS) is 1. The molecule has 0 spiro atoms. The predicted molar refractivity (Wildman–Crippen MR) is 138 cm³/mol. The van der Waals surface area contributed by atoms with Gasteiger partial charge in [0, 0.05) is 18.9 Å². The van der Waals surface area contributed by atoms with Crippen LogP contribution in [0.15, 0.2) is 78.9 Å². The van der Waals surface area contributed by atoms with Crippen LogP contribution in [0, 0.1) is 0 Å². The number of nitrogens with one attached hydrogen (secondary N) is 2. The molecule has 1 aliphatic carbocycles. The monoisotopic (exact) mass is 502 g/mol. The molecule has 0 radical (unpaired) electrons. The number of aliphatic carboxylic acids is 1. The topological polar surface area (TPSA) is 114 Å². The number of benzene rings is 3. The van der Waals surface area contributed by atoms with Crippen LogP contribution >= 0.6 is 0 Å². The summed E-state index contributed by atoms with van der Waals surface area (Å²) >= 11 is 0. The van der Waals surface area contributed by atoms with Crippen LogP contribution in [0.2, 0.25) is 0 Å². The second-order valence-electron chi connectivity index (χ2n) is 8.89. The molecule has 3 aromatic rings. The molecule has 2 atom stereocenters. The fourth-order valence-electron chi connectivity index (χ4n) is 4.45. The quantitative estimate of drug-likeness (QED) is 0.364. The van der Waals surface area contributed by atoms with Gasteiger partial charge in [0.1, 0.15) is 6.61 Å². The summed E-state index contributed by atoms with van der Waals surface area (Å²) in [5, 5.41) is 14.6. The van der Waals surface area contributed by atoms with E-state index in [0.717, 1.165) is 27.8 Å². The van der Waals surface area contributed by atoms with Gasteiger partial charge in [0.25, 0.3) is 0 Å². The number of fused-ring (bicyclic) bond motifs is 3. The van der Waals surface area contributed by atoms with Crippen molar-refractivity contribution >= 4 is 18.0 Å². The molecule has 0 saturated heterocycles. The van der Waals surface area contributed by atoms with Gasteiger partial charge in [0.2, 0.25) is 5.91 Å². The van der Waals surface area contributed by atoms with E-state index in [-0.39, 0.29) is 32.1 Å². The Morgan fingerprint density at radius 3 is 2.11 bits per heavy atom. The second-order valence-corrected chi connectivity index (χ2v) is 8.89. The third-order valence-corrected chi connectivity index (χ3v) is 6.37. The molecule has 192 valence electrons. The summed E-state index contributed by atoms with van der Waals surface area (Å²) < 4.78 is 11.1. The third-order valence-electron chi connectivity index (χ3n) is 6.37. The van der Waals surface area contributed by atoms with E-state index >= 15 is 0 Å². The van der Waals surface area contributed by atoms with E-state index in [1.165, 1.54) is 0 Å². The molecule has 2 amide bonds. The minimum atomic E-state index is -1.22. The van der Waals surface area contributed by atoms with Gasteiger partial charge in [-0.2, -0.15) is 0 Å². The molecule has 8 nitrogen and oxygen atoms in total. The highest BCUT2D eigenvalue weighted by molar-refractivity contribution is 5.84. The Balaban J connectivity index is 1.21. The van der Waals surface area contributed by atoms with Crippen molar-refractivity contribution in [3.63, 3.8) is 0 Å². The van der Waals surface area contributed by atoms with Crippen molar-refractivity contribution in [2.45, 2.75) is 38.0 Å². The zero-order chi connectivity index (χ0) is 26.2. The molecular weight excluding hydrogens is 472 g/mol. The average molecular weight is 503 g/mol. The van der Waals surface area contributed by atoms with Crippen molar-refractivity contribution in [1.29, 1.82) is 0 Å². The van der Waals surface area contributed by atoms with E-state index in [1.54, 1.807) is 6.92 Å². The maximum Gasteiger partial charge on any atom is 0.407 e. The SMILES string of the molecule is C[C@@H](OCc1ccccc1)[C@H](NC(=O)CCNC(=O)OCC1c2ccccc2-c2ccccc21)C(=O)O. The van der Waals surface area contributed by atoms with Gasteiger partial charge in [0.15, 0.2) is 6.04 Å². The maximum absolute atomic E-state index is 12.3. The van der Waals surface area contributed by atoms with Crippen molar-refractivity contribution in [3.05, 3.63) is 95.6 Å². The summed E-state index contributed by atoms with van der Waals surface area (Å²) in [7, 11) is 0. The van der Waals surface area contributed by atoms with Gasteiger partial charge in [0.05, 0.1) is 12.7 Å². The van der Waals surface area contributed by atoms with E-state index < -0.39 is 30.1 Å². The molecule has 3 N–H and O–H groups in total. The maximum atomic E-state index is 12.3. The van der Waals surface area contributed by atoms with Crippen LogP contribution in [0.3, 0.4) is 0 Å². The molecule has 8 heteroatoms. The first kappa shape index (κ1) is 25.9. The summed E-state index contributed by atoms with van der Waals surface area (Å²) in [6.45, 7) is 2.00. The molecule has 0 unspecified atom stereocenters. The highest BCUT2D eigenvalue weighted by atomic mass is 16.5. The van der Waals surface area contributed by atoms with Crippen LogP contribution in [-0.4, -0.2) is 48.4 Å². The molecule has 0 fully saturated rings. The summed E-state index contributed by atoms with van der Waals surface area (Å²) in [6.07, 6.45) is -1.49. The van der Waals surface area contributed by atoms with Crippen molar-refractivity contribution in [2.24, 2.45) is 0 Å². The average Bonchev–Trinajstić information content (AvgIpc) is 3.23. The first-order valence-corrected chi connectivity index (χ1v) is 12.2. The van der Waals surface area contributed by atoms with E-state index in [2.05, 4.69) is 22.8 Å². The number of amides is 2. The van der Waals surface area contributed by atoms with Gasteiger partial charge in [-0.1, -0.05) is 78.9 Å². The number of alkyl carbamates (subject to hydrolysis) is 1. The molecule has 37 heavy (non-hydrogen) atoms. The van der Waals surface area contributed by atoms with E-state index in [4.69, 9.17) is 9.47 Å². The van der Waals surface area contributed by atoms with Crippen LogP contribution < -0.4 is 10.6 Å². The van der Waals surface area contributed by atoms with E-state index in [9.17, 15) is 19.5 Å². The third kappa shape index (κ3) is 6.54. The Hall–Kier alpha value is -4.17. The Morgan fingerprint density at radius 1 is 0.892 bits per heavy atom. The summed E-state index contributed by atoms with van der Waals surface area (Å²) in [5.74, 6) is -1.77. The lowest BCUT2D eigenvalue weighted by molar-refractivity contribution is -0.146. The van der Waals surface area contributed by atoms with Crippen LogP contribution in [-0.2, 0) is 25.7 Å². The molecule has 0 bridgehead atoms. The molecule has 1 aliphatic rings. The van der Waals surface area contributed by atoms with Crippen molar-refractivity contribution in [2.75, 3.05) is 13.2 Å². The zero-order valence-electron chi connectivity index (χ0n) is 20.6. The molecule has 0 heterocycles. The first-order valence-electron chi connectivity index (χ1n) is 12.2. The Bertz CT molecular complexity index is 1200. The van der Waals surface area contributed by atoms with Gasteiger partial charge < -0.3 is 25.2 Å². The Labute approximate surface area is 215 Å². The number of hydrogen-bond acceptors (Lipinski definition) is 5. The molecule has 4 rings (SSSR count). The molecule has 0 aliphatic heterocycles. The summed E-state index contributed by atoms with van der Waals surface area (Å²) in [5.41, 5.74) is 5.40. The minimum Gasteiger partial charge on any atom is -0.480 e. The second kappa shape index (κ2) is 12.2. The van der Waals surface area contributed by atoms with Gasteiger partial charge in [-0.05, 0) is 34.7 Å². The number of rotatable bonds is 11. The highest BCUT2D eigenvalue weighted by Gasteiger charge is 2.29. The standard InChI is InChI=1S/C29H30N2O6/c1-19(36-17-20-9-3-2-4-10-20)27(28(33)34)31-26(32)15-16-30-29(35)37-18-25-23-13-7-5-11-21(23)22-12-6-8-14-24(22)25/h2-14,19,25,27H,15-18H2,1H3,(H,30,35)(H,31,32)(H,33,34)/t19-,27+/m1/s1. The molecule has 0 saturated carbocycles. The predicted octanol–water partition coefficient (Wildman–Crippen LogP) is 4.09. The summed E-state index contributed by atoms with van der Waals surface area (Å²) in [6, 6.07) is 24.2. The van der Waals surface area contributed by atoms with Crippen LogP contribution in [0.5, 0.6) is 0 Å². The number of carboxylic acids is 1. The lowest BCUT2D eigenvalue weighted by Gasteiger charge is -2.22. The molecular formula is C29H30N2O6. The van der Waals surface area contributed by atoms with Gasteiger partial charge in [-0.15, -0.1) is 0 Å². The van der Waals surface area contributed by atoms with Crippen molar-refractivity contribution in [3.8, 4) is 11.1 Å². The first-order chi connectivity index (χ1) is 17.9. The van der Waals surface area contributed by atoms with Crippen LogP contribution in [0.4, 0.5) is 4.79 Å². The number of carbonyl (C=O) groups excluding carboxylic acids is 2. The zero-order valence-corrected chi connectivity index (χ0v) is 20.6. The lowest BCUT2D eigenvalue weighted by Crippen LogP contribution is -2.49. The largest absolute Gasteiger partial charge is 0.480 e. The molecule has 3 aromatic carbocycles. The normalized spacial score (nSPS) is 13.6. The fraction of sp³-hybridized carbons (Fsp3) is 0.276. The van der Waals surface area contributed by atoms with E-state index in [1.807, 2.05) is 66.7 Å². The minimum absolute atomic E-state index is 0.00804. The van der Waals surface area contributed by atoms with Crippen LogP contribution in [0.25, 0.3) is 11.1 Å². The van der Waals surface area contributed by atoms with E-state index in [0.29, 0.717) is 0 Å². The Kier molecular flexibility index (Phi) is 8.53. The fourth-order valence-corrected chi connectivity index (χ4v) is 4.45. The molecule has 0 aromatic heterocycles. The smallest absolute Gasteiger partial charge is 0.407 e. The number of carbonyl (C=O) groups is 3. The van der Waals surface area contributed by atoms with Crippen molar-refractivity contribution in [1.82, 2.24) is 10.6 Å².